The maximum Gasteiger partial charge on any atom is 0.272 e. The van der Waals surface area contributed by atoms with Gasteiger partial charge in [-0.1, -0.05) is 0 Å². The number of aromatic nitrogens is 2. The number of carbonyl (C=O) groups excluding carboxylic acids is 1. The van der Waals surface area contributed by atoms with Gasteiger partial charge >= 0.3 is 0 Å². The minimum atomic E-state index is -0.360. The molecule has 22 heavy (non-hydrogen) atoms. The van der Waals surface area contributed by atoms with E-state index in [1.165, 1.54) is 12.1 Å². The number of nitrogens with one attached hydrogen (secondary N) is 2. The Morgan fingerprint density at radius 2 is 2.05 bits per heavy atom. The molecule has 2 bridgehead atoms. The molecule has 4 heterocycles. The van der Waals surface area contributed by atoms with Gasteiger partial charge in [-0.15, -0.1) is 0 Å². The molecule has 0 atom stereocenters. The summed E-state index contributed by atoms with van der Waals surface area (Å²) < 4.78 is 13.4. The Balaban J connectivity index is 1.50. The number of hydrogen-bond acceptors (Lipinski definition) is 3. The molecule has 0 saturated carbocycles. The molecule has 2 N–H and O–H groups in total. The van der Waals surface area contributed by atoms with E-state index in [-0.39, 0.29) is 22.8 Å². The van der Waals surface area contributed by atoms with E-state index in [0.717, 1.165) is 38.9 Å². The number of hydrogen-bond donors (Lipinski definition) is 2. The van der Waals surface area contributed by atoms with Gasteiger partial charge in [0.25, 0.3) is 5.91 Å². The lowest BCUT2D eigenvalue weighted by Gasteiger charge is -2.48. The van der Waals surface area contributed by atoms with Crippen molar-refractivity contribution in [1.82, 2.24) is 20.4 Å². The van der Waals surface area contributed by atoms with Crippen LogP contribution in [0.25, 0.3) is 10.9 Å². The highest BCUT2D eigenvalue weighted by Crippen LogP contribution is 2.39. The van der Waals surface area contributed by atoms with Crippen LogP contribution in [-0.2, 0) is 0 Å². The maximum atomic E-state index is 13.4. The number of piperidine rings is 3. The third-order valence-corrected chi connectivity index (χ3v) is 5.24. The number of nitrogens with zero attached hydrogens (tertiary/aromatic N) is 2. The third-order valence-electron chi connectivity index (χ3n) is 5.24. The van der Waals surface area contributed by atoms with Crippen LogP contribution >= 0.6 is 0 Å². The fourth-order valence-electron chi connectivity index (χ4n) is 3.67. The molecular formula is C16H19FN4O. The number of amides is 1. The van der Waals surface area contributed by atoms with Crippen molar-refractivity contribution in [2.45, 2.75) is 19.3 Å². The van der Waals surface area contributed by atoms with Crippen LogP contribution < -0.4 is 5.32 Å². The first-order chi connectivity index (χ1) is 10.7. The summed E-state index contributed by atoms with van der Waals surface area (Å²) in [5.74, 6) is -0.583. The van der Waals surface area contributed by atoms with E-state index in [1.807, 2.05) is 0 Å². The van der Waals surface area contributed by atoms with Gasteiger partial charge in [-0.2, -0.15) is 5.10 Å². The molecule has 3 aliphatic heterocycles. The zero-order valence-electron chi connectivity index (χ0n) is 12.4. The lowest BCUT2D eigenvalue weighted by atomic mass is 9.72. The number of benzene rings is 1. The van der Waals surface area contributed by atoms with Crippen molar-refractivity contribution in [3.8, 4) is 0 Å². The summed E-state index contributed by atoms with van der Waals surface area (Å²) in [6, 6.07) is 4.31. The highest BCUT2D eigenvalue weighted by Gasteiger charge is 2.39. The van der Waals surface area contributed by atoms with Crippen molar-refractivity contribution in [1.29, 1.82) is 0 Å². The molecule has 0 aliphatic carbocycles. The second kappa shape index (κ2) is 5.05. The van der Waals surface area contributed by atoms with Crippen molar-refractivity contribution >= 4 is 16.8 Å². The Kier molecular flexibility index (Phi) is 3.14. The van der Waals surface area contributed by atoms with Crippen LogP contribution in [0.5, 0.6) is 0 Å². The molecule has 3 saturated heterocycles. The lowest BCUT2D eigenvalue weighted by Crippen LogP contribution is -2.52. The van der Waals surface area contributed by atoms with Gasteiger partial charge in [0.1, 0.15) is 5.82 Å². The summed E-state index contributed by atoms with van der Waals surface area (Å²) in [5, 5.41) is 10.4. The molecule has 5 nitrogen and oxygen atoms in total. The van der Waals surface area contributed by atoms with Gasteiger partial charge in [0.05, 0.1) is 5.52 Å². The van der Waals surface area contributed by atoms with E-state index in [4.69, 9.17) is 0 Å². The van der Waals surface area contributed by atoms with E-state index in [0.29, 0.717) is 17.4 Å². The Hall–Kier alpha value is -1.95. The Bertz CT molecular complexity index is 704. The first kappa shape index (κ1) is 13.7. The van der Waals surface area contributed by atoms with Gasteiger partial charge in [0.2, 0.25) is 0 Å². The van der Waals surface area contributed by atoms with Crippen LogP contribution in [0.4, 0.5) is 4.39 Å². The second-order valence-corrected chi connectivity index (χ2v) is 6.54. The van der Waals surface area contributed by atoms with Gasteiger partial charge in [-0.25, -0.2) is 4.39 Å². The molecule has 5 rings (SSSR count). The van der Waals surface area contributed by atoms with Crippen molar-refractivity contribution in [2.75, 3.05) is 26.2 Å². The van der Waals surface area contributed by atoms with E-state index < -0.39 is 0 Å². The molecule has 0 unspecified atom stereocenters. The summed E-state index contributed by atoms with van der Waals surface area (Å²) >= 11 is 0. The monoisotopic (exact) mass is 302 g/mol. The first-order valence-corrected chi connectivity index (χ1v) is 7.79. The Labute approximate surface area is 127 Å². The van der Waals surface area contributed by atoms with Crippen molar-refractivity contribution < 1.29 is 9.18 Å². The molecule has 3 aliphatic rings. The number of fused-ring (bicyclic) bond motifs is 4. The third kappa shape index (κ3) is 2.27. The second-order valence-electron chi connectivity index (χ2n) is 6.54. The van der Waals surface area contributed by atoms with Gasteiger partial charge in [0.15, 0.2) is 5.69 Å². The first-order valence-electron chi connectivity index (χ1n) is 7.79. The molecule has 2 aromatic rings. The van der Waals surface area contributed by atoms with Gasteiger partial charge < -0.3 is 10.2 Å². The minimum Gasteiger partial charge on any atom is -0.350 e. The Morgan fingerprint density at radius 3 is 2.77 bits per heavy atom. The maximum absolute atomic E-state index is 13.4. The molecule has 116 valence electrons. The van der Waals surface area contributed by atoms with Crippen LogP contribution in [0.1, 0.15) is 29.8 Å². The van der Waals surface area contributed by atoms with Crippen molar-refractivity contribution in [3.63, 3.8) is 0 Å². The lowest BCUT2D eigenvalue weighted by molar-refractivity contribution is 0.0262. The topological polar surface area (TPSA) is 61.0 Å². The fraction of sp³-hybridized carbons (Fsp3) is 0.500. The number of aromatic amines is 1. The molecule has 1 aromatic heterocycles. The van der Waals surface area contributed by atoms with Crippen LogP contribution in [0.15, 0.2) is 18.2 Å². The predicted molar refractivity (Wildman–Crippen MR) is 81.1 cm³/mol. The summed E-state index contributed by atoms with van der Waals surface area (Å²) in [5.41, 5.74) is 1.19. The highest BCUT2D eigenvalue weighted by molar-refractivity contribution is 6.04. The number of carbonyl (C=O) groups is 1. The van der Waals surface area contributed by atoms with Crippen LogP contribution in [0, 0.1) is 11.2 Å². The average Bonchev–Trinajstić information content (AvgIpc) is 2.97. The molecule has 6 heteroatoms. The summed E-state index contributed by atoms with van der Waals surface area (Å²) in [6.07, 6.45) is 3.43. The highest BCUT2D eigenvalue weighted by atomic mass is 19.1. The summed E-state index contributed by atoms with van der Waals surface area (Å²) in [7, 11) is 0. The van der Waals surface area contributed by atoms with Gasteiger partial charge in [-0.05, 0) is 62.5 Å². The molecule has 0 spiro atoms. The molecular weight excluding hydrogens is 283 g/mol. The van der Waals surface area contributed by atoms with E-state index in [9.17, 15) is 9.18 Å². The Morgan fingerprint density at radius 1 is 1.32 bits per heavy atom. The number of rotatable bonds is 3. The minimum absolute atomic E-state index is 0.223. The zero-order chi connectivity index (χ0) is 15.2. The quantitative estimate of drug-likeness (QED) is 0.910. The SMILES string of the molecule is O=C(NCC12CCN(CC1)CC2)c1n[nH]c2ccc(F)cc12. The predicted octanol–water partition coefficient (Wildman–Crippen LogP) is 1.92. The number of halogens is 1. The number of H-pyrrole nitrogens is 1. The standard InChI is InChI=1S/C16H19FN4O/c17-11-1-2-13-12(9-11)14(20-19-13)15(22)18-10-16-3-6-21(7-4-16)8-5-16/h1-2,9H,3-8,10H2,(H,18,22)(H,19,20). The van der Waals surface area contributed by atoms with Crippen LogP contribution in [0.3, 0.4) is 0 Å². The smallest absolute Gasteiger partial charge is 0.272 e. The fourth-order valence-corrected chi connectivity index (χ4v) is 3.67. The van der Waals surface area contributed by atoms with Crippen LogP contribution in [-0.4, -0.2) is 47.2 Å². The van der Waals surface area contributed by atoms with E-state index in [1.54, 1.807) is 6.07 Å². The average molecular weight is 302 g/mol. The van der Waals surface area contributed by atoms with E-state index in [2.05, 4.69) is 20.4 Å². The summed E-state index contributed by atoms with van der Waals surface area (Å²) in [6.45, 7) is 4.08. The normalized spacial score (nSPS) is 27.2. The zero-order valence-corrected chi connectivity index (χ0v) is 12.4. The van der Waals surface area contributed by atoms with Crippen molar-refractivity contribution in [2.24, 2.45) is 5.41 Å². The summed E-state index contributed by atoms with van der Waals surface area (Å²) in [4.78, 5) is 14.9. The molecule has 1 aromatic carbocycles. The largest absolute Gasteiger partial charge is 0.350 e. The molecule has 0 radical (unpaired) electrons. The molecule has 3 fully saturated rings. The molecule has 1 amide bonds. The van der Waals surface area contributed by atoms with Crippen LogP contribution in [0.2, 0.25) is 0 Å². The van der Waals surface area contributed by atoms with Crippen molar-refractivity contribution in [3.05, 3.63) is 29.7 Å². The van der Waals surface area contributed by atoms with E-state index >= 15 is 0 Å². The van der Waals surface area contributed by atoms with Gasteiger partial charge in [0, 0.05) is 11.9 Å². The van der Waals surface area contributed by atoms with Gasteiger partial charge in [-0.3, -0.25) is 9.89 Å².